The number of hydrogen-bond donors (Lipinski definition) is 0. The van der Waals surface area contributed by atoms with Crippen molar-refractivity contribution in [3.63, 3.8) is 0 Å². The average Bonchev–Trinajstić information content (AvgIpc) is 2.46. The number of allylic oxidation sites excluding steroid dienone is 2. The molecule has 0 spiro atoms. The number of carbonyl (C=O) groups excluding carboxylic acids is 1. The smallest absolute Gasteiger partial charge is 0.221 e. The Hall–Kier alpha value is -0.300. The first-order chi connectivity index (χ1) is 10.3. The molecule has 0 saturated heterocycles. The summed E-state index contributed by atoms with van der Waals surface area (Å²) >= 11 is 5.30. The van der Waals surface area contributed by atoms with Gasteiger partial charge in [0.15, 0.2) is 0 Å². The summed E-state index contributed by atoms with van der Waals surface area (Å²) in [4.78, 5) is 10.6. The number of carbonyl (C=O) groups is 1. The summed E-state index contributed by atoms with van der Waals surface area (Å²) in [6.07, 6.45) is 23.5. The average molecular weight is 315 g/mol. The minimum Gasteiger partial charge on any atom is -0.281 e. The Morgan fingerprint density at radius 3 is 1.48 bits per heavy atom. The van der Waals surface area contributed by atoms with Crippen molar-refractivity contribution < 1.29 is 4.79 Å². The van der Waals surface area contributed by atoms with Crippen LogP contribution in [0.15, 0.2) is 12.2 Å². The van der Waals surface area contributed by atoms with E-state index in [1.54, 1.807) is 0 Å². The van der Waals surface area contributed by atoms with Crippen LogP contribution in [0.4, 0.5) is 0 Å². The normalized spacial score (nSPS) is 11.3. The third kappa shape index (κ3) is 19.7. The van der Waals surface area contributed by atoms with Crippen molar-refractivity contribution >= 4 is 16.8 Å². The van der Waals surface area contributed by atoms with Crippen molar-refractivity contribution in [3.05, 3.63) is 12.2 Å². The van der Waals surface area contributed by atoms with Crippen LogP contribution in [0, 0.1) is 0 Å². The van der Waals surface area contributed by atoms with E-state index >= 15 is 0 Å². The molecule has 0 aromatic carbocycles. The van der Waals surface area contributed by atoms with Crippen LogP contribution in [0.5, 0.6) is 0 Å². The summed E-state index contributed by atoms with van der Waals surface area (Å²) < 4.78 is 0. The van der Waals surface area contributed by atoms with Gasteiger partial charge in [-0.25, -0.2) is 0 Å². The van der Waals surface area contributed by atoms with Crippen LogP contribution in [0.3, 0.4) is 0 Å². The molecule has 0 amide bonds. The molecule has 0 radical (unpaired) electrons. The molecule has 0 aliphatic heterocycles. The molecule has 0 aliphatic rings. The van der Waals surface area contributed by atoms with Crippen molar-refractivity contribution in [2.75, 3.05) is 0 Å². The van der Waals surface area contributed by atoms with Crippen LogP contribution in [0.25, 0.3) is 0 Å². The Morgan fingerprint density at radius 1 is 0.714 bits per heavy atom. The molecule has 0 aromatic heterocycles. The molecular formula is C19H35ClO. The molecule has 0 aromatic rings. The summed E-state index contributed by atoms with van der Waals surface area (Å²) in [6, 6.07) is 0. The molecule has 124 valence electrons. The second-order valence-corrected chi connectivity index (χ2v) is 6.48. The van der Waals surface area contributed by atoms with Crippen LogP contribution >= 0.6 is 11.6 Å². The van der Waals surface area contributed by atoms with E-state index in [0.717, 1.165) is 12.8 Å². The molecule has 0 fully saturated rings. The van der Waals surface area contributed by atoms with Gasteiger partial charge in [-0.15, -0.1) is 0 Å². The molecule has 0 saturated carbocycles. The molecule has 0 atom stereocenters. The maximum absolute atomic E-state index is 10.6. The minimum atomic E-state index is -0.183. The van der Waals surface area contributed by atoms with Gasteiger partial charge in [0, 0.05) is 6.42 Å². The molecule has 0 aliphatic carbocycles. The number of halogens is 1. The number of rotatable bonds is 16. The lowest BCUT2D eigenvalue weighted by atomic mass is 10.0. The molecule has 21 heavy (non-hydrogen) atoms. The molecule has 0 unspecified atom stereocenters. The van der Waals surface area contributed by atoms with Gasteiger partial charge in [-0.2, -0.15) is 0 Å². The van der Waals surface area contributed by atoms with E-state index in [1.165, 1.54) is 77.0 Å². The number of hydrogen-bond acceptors (Lipinski definition) is 1. The second-order valence-electron chi connectivity index (χ2n) is 6.06. The Bertz CT molecular complexity index is 248. The van der Waals surface area contributed by atoms with Gasteiger partial charge in [0.1, 0.15) is 0 Å². The first-order valence-electron chi connectivity index (χ1n) is 9.07. The van der Waals surface area contributed by atoms with E-state index in [-0.39, 0.29) is 5.24 Å². The number of unbranched alkanes of at least 4 members (excludes halogenated alkanes) is 13. The lowest BCUT2D eigenvalue weighted by Gasteiger charge is -2.02. The molecule has 0 bridgehead atoms. The maximum atomic E-state index is 10.6. The third-order valence-corrected chi connectivity index (χ3v) is 4.17. The van der Waals surface area contributed by atoms with Gasteiger partial charge in [0.05, 0.1) is 0 Å². The highest BCUT2D eigenvalue weighted by Gasteiger charge is 1.96. The second kappa shape index (κ2) is 17.8. The fourth-order valence-corrected chi connectivity index (χ4v) is 2.77. The Balaban J connectivity index is 2.98. The summed E-state index contributed by atoms with van der Waals surface area (Å²) in [5.74, 6) is 0. The highest BCUT2D eigenvalue weighted by molar-refractivity contribution is 6.63. The van der Waals surface area contributed by atoms with Gasteiger partial charge in [0.2, 0.25) is 5.24 Å². The van der Waals surface area contributed by atoms with Crippen LogP contribution in [-0.4, -0.2) is 5.24 Å². The van der Waals surface area contributed by atoms with Gasteiger partial charge in [-0.1, -0.05) is 82.8 Å². The zero-order valence-electron chi connectivity index (χ0n) is 14.0. The van der Waals surface area contributed by atoms with Gasteiger partial charge < -0.3 is 0 Å². The molecule has 1 nitrogen and oxygen atoms in total. The predicted molar refractivity (Wildman–Crippen MR) is 94.9 cm³/mol. The Morgan fingerprint density at radius 2 is 1.10 bits per heavy atom. The molecule has 2 heteroatoms. The van der Waals surface area contributed by atoms with Gasteiger partial charge in [-0.05, 0) is 37.8 Å². The lowest BCUT2D eigenvalue weighted by Crippen LogP contribution is -1.86. The van der Waals surface area contributed by atoms with Crippen molar-refractivity contribution in [2.45, 2.75) is 103 Å². The SMILES string of the molecule is C/C=C/CCCCCCCCCCCCCCCC(=O)Cl. The fourth-order valence-electron chi connectivity index (χ4n) is 2.64. The zero-order chi connectivity index (χ0) is 15.6. The quantitative estimate of drug-likeness (QED) is 0.167. The Labute approximate surface area is 137 Å². The fraction of sp³-hybridized carbons (Fsp3) is 0.842. The lowest BCUT2D eigenvalue weighted by molar-refractivity contribution is -0.111. The summed E-state index contributed by atoms with van der Waals surface area (Å²) in [6.45, 7) is 2.10. The van der Waals surface area contributed by atoms with Crippen LogP contribution in [0.1, 0.15) is 103 Å². The minimum absolute atomic E-state index is 0.183. The zero-order valence-corrected chi connectivity index (χ0v) is 14.8. The summed E-state index contributed by atoms with van der Waals surface area (Å²) in [7, 11) is 0. The van der Waals surface area contributed by atoms with Crippen molar-refractivity contribution in [1.29, 1.82) is 0 Å². The van der Waals surface area contributed by atoms with E-state index in [0.29, 0.717) is 6.42 Å². The van der Waals surface area contributed by atoms with E-state index < -0.39 is 0 Å². The molecule has 0 N–H and O–H groups in total. The maximum Gasteiger partial charge on any atom is 0.221 e. The highest BCUT2D eigenvalue weighted by atomic mass is 35.5. The Kier molecular flexibility index (Phi) is 17.5. The van der Waals surface area contributed by atoms with E-state index in [9.17, 15) is 4.79 Å². The molecular weight excluding hydrogens is 280 g/mol. The highest BCUT2D eigenvalue weighted by Crippen LogP contribution is 2.13. The van der Waals surface area contributed by atoms with E-state index in [1.807, 2.05) is 0 Å². The van der Waals surface area contributed by atoms with Gasteiger partial charge in [-0.3, -0.25) is 4.79 Å². The van der Waals surface area contributed by atoms with Crippen molar-refractivity contribution in [2.24, 2.45) is 0 Å². The topological polar surface area (TPSA) is 17.1 Å². The molecule has 0 heterocycles. The van der Waals surface area contributed by atoms with E-state index in [4.69, 9.17) is 11.6 Å². The summed E-state index contributed by atoms with van der Waals surface area (Å²) in [5.41, 5.74) is 0. The first-order valence-corrected chi connectivity index (χ1v) is 9.44. The van der Waals surface area contributed by atoms with Crippen molar-refractivity contribution in [1.82, 2.24) is 0 Å². The van der Waals surface area contributed by atoms with Crippen LogP contribution in [-0.2, 0) is 4.79 Å². The van der Waals surface area contributed by atoms with Crippen molar-refractivity contribution in [3.8, 4) is 0 Å². The van der Waals surface area contributed by atoms with Crippen LogP contribution in [0.2, 0.25) is 0 Å². The third-order valence-electron chi connectivity index (χ3n) is 3.98. The first kappa shape index (κ1) is 20.7. The monoisotopic (exact) mass is 314 g/mol. The van der Waals surface area contributed by atoms with Crippen LogP contribution < -0.4 is 0 Å². The largest absolute Gasteiger partial charge is 0.281 e. The predicted octanol–water partition coefficient (Wildman–Crippen LogP) is 7.18. The van der Waals surface area contributed by atoms with Gasteiger partial charge >= 0.3 is 0 Å². The van der Waals surface area contributed by atoms with Gasteiger partial charge in [0.25, 0.3) is 0 Å². The molecule has 0 rings (SSSR count). The standard InChI is InChI=1S/C19H35ClO/c1-2-3-4-5-6-7-8-9-10-11-12-13-14-15-16-17-18-19(20)21/h2-3H,4-18H2,1H3/b3-2+. The van der Waals surface area contributed by atoms with E-state index in [2.05, 4.69) is 19.1 Å². The summed E-state index contributed by atoms with van der Waals surface area (Å²) in [5, 5.41) is -0.183.